The second-order valence-electron chi connectivity index (χ2n) is 9.07. The van der Waals surface area contributed by atoms with Gasteiger partial charge in [0.25, 0.3) is 0 Å². The number of aromatic amines is 2. The zero-order valence-corrected chi connectivity index (χ0v) is 20.3. The first kappa shape index (κ1) is 22.7. The molecule has 0 radical (unpaired) electrons. The molecule has 0 amide bonds. The van der Waals surface area contributed by atoms with E-state index >= 15 is 0 Å². The number of benzene rings is 2. The Morgan fingerprint density at radius 2 is 1.84 bits per heavy atom. The second kappa shape index (κ2) is 9.40. The lowest BCUT2D eigenvalue weighted by atomic mass is 10.0. The number of pyridine rings is 1. The number of likely N-dealkylation sites (N-methyl/N-ethyl adjacent to an activating group) is 1. The summed E-state index contributed by atoms with van der Waals surface area (Å²) in [6.45, 7) is 1.56. The molecule has 0 fully saturated rings. The van der Waals surface area contributed by atoms with Gasteiger partial charge in [-0.15, -0.1) is 0 Å². The molecule has 3 N–H and O–H groups in total. The fraction of sp³-hybridized carbons (Fsp3) is 0.148. The minimum Gasteiger partial charge on any atom is -0.384 e. The van der Waals surface area contributed by atoms with Gasteiger partial charge < -0.3 is 15.2 Å². The molecule has 0 aliphatic heterocycles. The third-order valence-electron chi connectivity index (χ3n) is 6.14. The zero-order valence-electron chi connectivity index (χ0n) is 20.3. The van der Waals surface area contributed by atoms with Crippen LogP contribution in [0.1, 0.15) is 0 Å². The molecular formula is C27H24FN9. The highest BCUT2D eigenvalue weighted by Gasteiger charge is 2.17. The van der Waals surface area contributed by atoms with Crippen LogP contribution in [0.2, 0.25) is 0 Å². The first-order chi connectivity index (χ1) is 18.0. The number of imidazole rings is 1. The number of hydrogen-bond donors (Lipinski definition) is 3. The van der Waals surface area contributed by atoms with E-state index in [2.05, 4.69) is 40.3 Å². The van der Waals surface area contributed by atoms with E-state index in [1.165, 1.54) is 18.5 Å². The van der Waals surface area contributed by atoms with Gasteiger partial charge >= 0.3 is 0 Å². The van der Waals surface area contributed by atoms with Crippen molar-refractivity contribution in [2.24, 2.45) is 0 Å². The number of rotatable bonds is 7. The smallest absolute Gasteiger partial charge is 0.159 e. The van der Waals surface area contributed by atoms with Crippen LogP contribution in [0, 0.1) is 5.82 Å². The van der Waals surface area contributed by atoms with Gasteiger partial charge in [-0.2, -0.15) is 5.10 Å². The van der Waals surface area contributed by atoms with Gasteiger partial charge in [-0.25, -0.2) is 24.3 Å². The van der Waals surface area contributed by atoms with Crippen LogP contribution >= 0.6 is 0 Å². The molecule has 0 saturated carbocycles. The standard InChI is InChI=1S/C27H24FN9/c1-37(2)7-6-31-20-9-16(8-19(28)11-20)21-4-3-5-23-24(21)34-27(33-23)25-22-10-17(14-32-26(22)36-35-25)18-12-29-15-30-13-18/h3-5,8-15,31H,6-7H2,1-2H3,(H,33,34)(H,32,35,36). The Hall–Kier alpha value is -4.70. The van der Waals surface area contributed by atoms with Gasteiger partial charge in [-0.1, -0.05) is 12.1 Å². The molecule has 0 saturated heterocycles. The molecule has 10 heteroatoms. The number of nitrogens with one attached hydrogen (secondary N) is 3. The van der Waals surface area contributed by atoms with Gasteiger partial charge in [0.1, 0.15) is 17.8 Å². The van der Waals surface area contributed by atoms with Crippen molar-refractivity contribution in [2.45, 2.75) is 0 Å². The molecule has 0 aliphatic rings. The van der Waals surface area contributed by atoms with Gasteiger partial charge in [0.2, 0.25) is 0 Å². The van der Waals surface area contributed by atoms with Crippen molar-refractivity contribution in [3.8, 4) is 33.8 Å². The molecular weight excluding hydrogens is 469 g/mol. The number of aromatic nitrogens is 7. The second-order valence-corrected chi connectivity index (χ2v) is 9.07. The van der Waals surface area contributed by atoms with Crippen LogP contribution in [-0.4, -0.2) is 67.2 Å². The van der Waals surface area contributed by atoms with Crippen LogP contribution in [0.25, 0.3) is 55.8 Å². The molecule has 0 aliphatic carbocycles. The van der Waals surface area contributed by atoms with Crippen LogP contribution < -0.4 is 5.32 Å². The molecule has 4 heterocycles. The fourth-order valence-corrected chi connectivity index (χ4v) is 4.34. The van der Waals surface area contributed by atoms with Crippen molar-refractivity contribution in [1.82, 2.24) is 40.0 Å². The maximum Gasteiger partial charge on any atom is 0.159 e. The molecule has 0 spiro atoms. The SMILES string of the molecule is CN(C)CCNc1cc(F)cc(-c2cccc3[nH]c(-c4n[nH]c5ncc(-c6cncnc6)cc45)nc23)c1. The quantitative estimate of drug-likeness (QED) is 0.295. The van der Waals surface area contributed by atoms with Crippen molar-refractivity contribution in [3.63, 3.8) is 0 Å². The summed E-state index contributed by atoms with van der Waals surface area (Å²) in [5.74, 6) is 0.289. The number of fused-ring (bicyclic) bond motifs is 2. The highest BCUT2D eigenvalue weighted by Crippen LogP contribution is 2.33. The number of halogens is 1. The average Bonchev–Trinajstić information content (AvgIpc) is 3.52. The summed E-state index contributed by atoms with van der Waals surface area (Å²) >= 11 is 0. The lowest BCUT2D eigenvalue weighted by Crippen LogP contribution is -2.20. The summed E-state index contributed by atoms with van der Waals surface area (Å²) in [5.41, 5.74) is 6.90. The fourth-order valence-electron chi connectivity index (χ4n) is 4.34. The van der Waals surface area contributed by atoms with Crippen LogP contribution in [0.4, 0.5) is 10.1 Å². The Labute approximate surface area is 211 Å². The summed E-state index contributed by atoms with van der Waals surface area (Å²) in [4.78, 5) is 23.0. The molecule has 0 atom stereocenters. The van der Waals surface area contributed by atoms with Crippen molar-refractivity contribution >= 4 is 27.8 Å². The summed E-state index contributed by atoms with van der Waals surface area (Å²) in [7, 11) is 4.01. The minimum atomic E-state index is -0.306. The summed E-state index contributed by atoms with van der Waals surface area (Å²) in [6.07, 6.45) is 6.73. The van der Waals surface area contributed by atoms with E-state index in [1.807, 2.05) is 44.4 Å². The molecule has 9 nitrogen and oxygen atoms in total. The van der Waals surface area contributed by atoms with Gasteiger partial charge in [-0.3, -0.25) is 5.10 Å². The molecule has 0 unspecified atom stereocenters. The van der Waals surface area contributed by atoms with Crippen LogP contribution in [0.3, 0.4) is 0 Å². The van der Waals surface area contributed by atoms with Crippen LogP contribution in [-0.2, 0) is 0 Å². The van der Waals surface area contributed by atoms with Crippen molar-refractivity contribution in [2.75, 3.05) is 32.5 Å². The van der Waals surface area contributed by atoms with Crippen molar-refractivity contribution < 1.29 is 4.39 Å². The number of para-hydroxylation sites is 1. The van der Waals surface area contributed by atoms with E-state index < -0.39 is 0 Å². The normalized spacial score (nSPS) is 11.6. The van der Waals surface area contributed by atoms with Gasteiger partial charge in [0.15, 0.2) is 11.5 Å². The van der Waals surface area contributed by atoms with Gasteiger partial charge in [-0.05, 0) is 50.0 Å². The van der Waals surface area contributed by atoms with Crippen molar-refractivity contribution in [3.05, 3.63) is 73.2 Å². The Kier molecular flexibility index (Phi) is 5.78. The molecule has 37 heavy (non-hydrogen) atoms. The van der Waals surface area contributed by atoms with E-state index in [1.54, 1.807) is 18.6 Å². The number of nitrogens with zero attached hydrogens (tertiary/aromatic N) is 6. The largest absolute Gasteiger partial charge is 0.384 e. The van der Waals surface area contributed by atoms with E-state index in [9.17, 15) is 4.39 Å². The molecule has 6 aromatic rings. The molecule has 2 aromatic carbocycles. The Bertz CT molecular complexity index is 1710. The molecule has 0 bridgehead atoms. The predicted molar refractivity (Wildman–Crippen MR) is 142 cm³/mol. The first-order valence-corrected chi connectivity index (χ1v) is 11.8. The molecule has 184 valence electrons. The highest BCUT2D eigenvalue weighted by atomic mass is 19.1. The maximum atomic E-state index is 14.6. The molecule has 6 rings (SSSR count). The third-order valence-corrected chi connectivity index (χ3v) is 6.14. The monoisotopic (exact) mass is 493 g/mol. The number of H-pyrrole nitrogens is 2. The third kappa shape index (κ3) is 4.50. The van der Waals surface area contributed by atoms with E-state index in [0.29, 0.717) is 23.7 Å². The van der Waals surface area contributed by atoms with E-state index in [4.69, 9.17) is 4.98 Å². The first-order valence-electron chi connectivity index (χ1n) is 11.8. The average molecular weight is 494 g/mol. The topological polar surface area (TPSA) is 111 Å². The predicted octanol–water partition coefficient (Wildman–Crippen LogP) is 4.74. The zero-order chi connectivity index (χ0) is 25.4. The number of anilines is 1. The summed E-state index contributed by atoms with van der Waals surface area (Å²) in [6, 6.07) is 12.8. The number of hydrogen-bond acceptors (Lipinski definition) is 7. The Morgan fingerprint density at radius 1 is 0.973 bits per heavy atom. The van der Waals surface area contributed by atoms with Gasteiger partial charge in [0.05, 0.1) is 16.4 Å². The van der Waals surface area contributed by atoms with Crippen molar-refractivity contribution in [1.29, 1.82) is 0 Å². The summed E-state index contributed by atoms with van der Waals surface area (Å²) in [5, 5.41) is 11.6. The lowest BCUT2D eigenvalue weighted by molar-refractivity contribution is 0.425. The van der Waals surface area contributed by atoms with E-state index in [-0.39, 0.29) is 5.82 Å². The van der Waals surface area contributed by atoms with Crippen LogP contribution in [0.15, 0.2) is 67.4 Å². The molecule has 4 aromatic heterocycles. The van der Waals surface area contributed by atoms with E-state index in [0.717, 1.165) is 50.9 Å². The van der Waals surface area contributed by atoms with Gasteiger partial charge in [0, 0.05) is 54.1 Å². The highest BCUT2D eigenvalue weighted by molar-refractivity contribution is 5.97. The Balaban J connectivity index is 1.41. The maximum absolute atomic E-state index is 14.6. The summed E-state index contributed by atoms with van der Waals surface area (Å²) < 4.78 is 14.6. The van der Waals surface area contributed by atoms with Crippen LogP contribution in [0.5, 0.6) is 0 Å². The lowest BCUT2D eigenvalue weighted by Gasteiger charge is -2.13. The Morgan fingerprint density at radius 3 is 2.68 bits per heavy atom. The minimum absolute atomic E-state index is 0.306.